The Kier molecular flexibility index (Phi) is 2.62. The fraction of sp³-hybridized carbons (Fsp3) is 0.400. The summed E-state index contributed by atoms with van der Waals surface area (Å²) in [7, 11) is 0. The molecule has 1 aliphatic rings. The highest BCUT2D eigenvalue weighted by atomic mass is 16.1. The first kappa shape index (κ1) is 11.3. The molecular formula is C15H18N2O. The molecule has 0 radical (unpaired) electrons. The quantitative estimate of drug-likeness (QED) is 0.819. The average molecular weight is 242 g/mol. The zero-order valence-corrected chi connectivity index (χ0v) is 10.9. The highest BCUT2D eigenvalue weighted by Crippen LogP contribution is 2.35. The van der Waals surface area contributed by atoms with Crippen molar-refractivity contribution >= 4 is 11.4 Å². The molecule has 0 aromatic carbocycles. The number of hydrogen-bond acceptors (Lipinski definition) is 1. The Hall–Kier alpha value is -1.77. The van der Waals surface area contributed by atoms with E-state index in [0.717, 1.165) is 19.3 Å². The van der Waals surface area contributed by atoms with Crippen LogP contribution in [0.15, 0.2) is 24.4 Å². The van der Waals surface area contributed by atoms with E-state index >= 15 is 0 Å². The first-order chi connectivity index (χ1) is 8.68. The topological polar surface area (TPSA) is 33.5 Å². The summed E-state index contributed by atoms with van der Waals surface area (Å²) in [5.41, 5.74) is 5.28. The Morgan fingerprint density at radius 1 is 1.44 bits per heavy atom. The minimum atomic E-state index is 0.0579. The van der Waals surface area contributed by atoms with Gasteiger partial charge in [0.1, 0.15) is 0 Å². The third-order valence-electron chi connectivity index (χ3n) is 3.88. The fourth-order valence-electron chi connectivity index (χ4n) is 3.19. The summed E-state index contributed by atoms with van der Waals surface area (Å²) in [6, 6.07) is 6.47. The SMILES string of the molecule is CC(=O)NC1CCCc2c1c(C)c1ccccn21. The van der Waals surface area contributed by atoms with Crippen LogP contribution in [0.4, 0.5) is 0 Å². The van der Waals surface area contributed by atoms with Gasteiger partial charge in [-0.1, -0.05) is 6.07 Å². The number of carbonyl (C=O) groups is 1. The van der Waals surface area contributed by atoms with Gasteiger partial charge in [0.2, 0.25) is 5.91 Å². The molecule has 3 heteroatoms. The lowest BCUT2D eigenvalue weighted by Crippen LogP contribution is -2.29. The van der Waals surface area contributed by atoms with Gasteiger partial charge in [-0.05, 0) is 49.4 Å². The van der Waals surface area contributed by atoms with Gasteiger partial charge in [0.15, 0.2) is 0 Å². The van der Waals surface area contributed by atoms with Gasteiger partial charge >= 0.3 is 0 Å². The van der Waals surface area contributed by atoms with Crippen LogP contribution >= 0.6 is 0 Å². The summed E-state index contributed by atoms with van der Waals surface area (Å²) in [5, 5.41) is 3.09. The van der Waals surface area contributed by atoms with Crippen molar-refractivity contribution in [2.45, 2.75) is 39.2 Å². The summed E-state index contributed by atoms with van der Waals surface area (Å²) in [4.78, 5) is 11.3. The van der Waals surface area contributed by atoms with Gasteiger partial charge in [-0.15, -0.1) is 0 Å². The number of aromatic nitrogens is 1. The second-order valence-electron chi connectivity index (χ2n) is 5.09. The largest absolute Gasteiger partial charge is 0.349 e. The molecule has 0 saturated carbocycles. The van der Waals surface area contributed by atoms with Crippen LogP contribution in [0.1, 0.15) is 42.6 Å². The molecule has 2 heterocycles. The van der Waals surface area contributed by atoms with E-state index in [4.69, 9.17) is 0 Å². The molecule has 94 valence electrons. The van der Waals surface area contributed by atoms with E-state index in [1.54, 1.807) is 6.92 Å². The van der Waals surface area contributed by atoms with Gasteiger partial charge in [0.25, 0.3) is 0 Å². The van der Waals surface area contributed by atoms with Crippen molar-refractivity contribution in [3.05, 3.63) is 41.2 Å². The van der Waals surface area contributed by atoms with E-state index < -0.39 is 0 Å². The molecule has 3 nitrogen and oxygen atoms in total. The van der Waals surface area contributed by atoms with E-state index in [0.29, 0.717) is 0 Å². The molecule has 1 atom stereocenters. The number of rotatable bonds is 1. The van der Waals surface area contributed by atoms with Crippen molar-refractivity contribution in [3.63, 3.8) is 0 Å². The minimum absolute atomic E-state index is 0.0579. The van der Waals surface area contributed by atoms with E-state index in [-0.39, 0.29) is 11.9 Å². The molecule has 0 fully saturated rings. The van der Waals surface area contributed by atoms with Crippen LogP contribution in [0.25, 0.3) is 5.52 Å². The number of fused-ring (bicyclic) bond motifs is 3. The van der Waals surface area contributed by atoms with Gasteiger partial charge < -0.3 is 9.72 Å². The molecule has 1 unspecified atom stereocenters. The second kappa shape index (κ2) is 4.16. The van der Waals surface area contributed by atoms with Crippen molar-refractivity contribution in [3.8, 4) is 0 Å². The number of aryl methyl sites for hydroxylation is 2. The number of carbonyl (C=O) groups excluding carboxylic acids is 1. The molecule has 0 aliphatic heterocycles. The molecule has 3 rings (SSSR count). The molecule has 18 heavy (non-hydrogen) atoms. The van der Waals surface area contributed by atoms with Crippen LogP contribution in [0.2, 0.25) is 0 Å². The van der Waals surface area contributed by atoms with E-state index in [1.807, 2.05) is 0 Å². The number of nitrogens with zero attached hydrogens (tertiary/aromatic N) is 1. The Morgan fingerprint density at radius 2 is 2.28 bits per heavy atom. The molecule has 1 aliphatic carbocycles. The van der Waals surface area contributed by atoms with Crippen molar-refractivity contribution in [1.29, 1.82) is 0 Å². The third kappa shape index (κ3) is 1.62. The van der Waals surface area contributed by atoms with Crippen LogP contribution in [0.5, 0.6) is 0 Å². The minimum Gasteiger partial charge on any atom is -0.349 e. The van der Waals surface area contributed by atoms with Gasteiger partial charge in [0, 0.05) is 24.3 Å². The average Bonchev–Trinajstić information content (AvgIpc) is 2.65. The van der Waals surface area contributed by atoms with Crippen LogP contribution in [0, 0.1) is 6.92 Å². The Morgan fingerprint density at radius 3 is 3.06 bits per heavy atom. The predicted molar refractivity (Wildman–Crippen MR) is 71.6 cm³/mol. The lowest BCUT2D eigenvalue weighted by molar-refractivity contribution is -0.119. The van der Waals surface area contributed by atoms with E-state index in [2.05, 4.69) is 41.0 Å². The number of pyridine rings is 1. The number of nitrogens with one attached hydrogen (secondary N) is 1. The Balaban J connectivity index is 2.19. The maximum Gasteiger partial charge on any atom is 0.217 e. The first-order valence-electron chi connectivity index (χ1n) is 6.54. The predicted octanol–water partition coefficient (Wildman–Crippen LogP) is 2.76. The van der Waals surface area contributed by atoms with Crippen LogP contribution in [0.3, 0.4) is 0 Å². The molecule has 2 aromatic heterocycles. The molecule has 1 amide bonds. The zero-order chi connectivity index (χ0) is 12.7. The highest BCUT2D eigenvalue weighted by molar-refractivity contribution is 5.74. The summed E-state index contributed by atoms with van der Waals surface area (Å²) < 4.78 is 2.28. The Bertz CT molecular complexity index is 612. The molecule has 0 saturated heterocycles. The number of hydrogen-bond donors (Lipinski definition) is 1. The molecule has 0 bridgehead atoms. The lowest BCUT2D eigenvalue weighted by atomic mass is 9.90. The monoisotopic (exact) mass is 242 g/mol. The Labute approximate surface area is 107 Å². The second-order valence-corrected chi connectivity index (χ2v) is 5.09. The lowest BCUT2D eigenvalue weighted by Gasteiger charge is -2.24. The van der Waals surface area contributed by atoms with Crippen LogP contribution in [-0.4, -0.2) is 10.3 Å². The first-order valence-corrected chi connectivity index (χ1v) is 6.54. The van der Waals surface area contributed by atoms with Crippen molar-refractivity contribution in [2.24, 2.45) is 0 Å². The summed E-state index contributed by atoms with van der Waals surface area (Å²) >= 11 is 0. The summed E-state index contributed by atoms with van der Waals surface area (Å²) in [5.74, 6) is 0.0579. The smallest absolute Gasteiger partial charge is 0.217 e. The maximum absolute atomic E-state index is 11.3. The van der Waals surface area contributed by atoms with Gasteiger partial charge in [-0.25, -0.2) is 0 Å². The van der Waals surface area contributed by atoms with Gasteiger partial charge in [0.05, 0.1) is 6.04 Å². The maximum atomic E-state index is 11.3. The zero-order valence-electron chi connectivity index (χ0n) is 10.9. The van der Waals surface area contributed by atoms with Crippen molar-refractivity contribution in [2.75, 3.05) is 0 Å². The molecule has 0 spiro atoms. The van der Waals surface area contributed by atoms with Crippen molar-refractivity contribution in [1.82, 2.24) is 9.72 Å². The molecule has 2 aromatic rings. The van der Waals surface area contributed by atoms with Crippen LogP contribution < -0.4 is 5.32 Å². The van der Waals surface area contributed by atoms with E-state index in [9.17, 15) is 4.79 Å². The standard InChI is InChI=1S/C15H18N2O/c1-10-13-7-3-4-9-17(13)14-8-5-6-12(15(10)14)16-11(2)18/h3-4,7,9,12H,5-6,8H2,1-2H3,(H,16,18). The fourth-order valence-corrected chi connectivity index (χ4v) is 3.19. The van der Waals surface area contributed by atoms with Gasteiger partial charge in [-0.3, -0.25) is 4.79 Å². The van der Waals surface area contributed by atoms with Crippen LogP contribution in [-0.2, 0) is 11.2 Å². The normalized spacial score (nSPS) is 18.7. The number of amides is 1. The highest BCUT2D eigenvalue weighted by Gasteiger charge is 2.26. The molecular weight excluding hydrogens is 224 g/mol. The van der Waals surface area contributed by atoms with Crippen molar-refractivity contribution < 1.29 is 4.79 Å². The third-order valence-corrected chi connectivity index (χ3v) is 3.88. The summed E-state index contributed by atoms with van der Waals surface area (Å²) in [6.07, 6.45) is 5.41. The van der Waals surface area contributed by atoms with Gasteiger partial charge in [-0.2, -0.15) is 0 Å². The summed E-state index contributed by atoms with van der Waals surface area (Å²) in [6.45, 7) is 3.76. The van der Waals surface area contributed by atoms with E-state index in [1.165, 1.54) is 22.3 Å². The molecule has 1 N–H and O–H groups in total.